The smallest absolute Gasteiger partial charge is 0.410 e. The Bertz CT molecular complexity index is 1530. The molecule has 0 spiro atoms. The Balaban J connectivity index is 1.36. The van der Waals surface area contributed by atoms with Gasteiger partial charge in [0.15, 0.2) is 5.82 Å². The van der Waals surface area contributed by atoms with Crippen molar-refractivity contribution in [1.82, 2.24) is 29.3 Å². The molecule has 11 nitrogen and oxygen atoms in total. The number of nitrogens with one attached hydrogen (secondary N) is 1. The molecule has 1 atom stereocenters. The van der Waals surface area contributed by atoms with Crippen molar-refractivity contribution in [2.45, 2.75) is 51.7 Å². The van der Waals surface area contributed by atoms with Crippen LogP contribution in [0.2, 0.25) is 0 Å². The lowest BCUT2D eigenvalue weighted by atomic mass is 10.0. The summed E-state index contributed by atoms with van der Waals surface area (Å²) in [5.74, 6) is -0.181. The SMILES string of the molecule is Cn1c(=O)n(C2CCC(=O)NC2=O)c2ccc(-c3cnc(C4=CCN(C(=O)OC(C)(C)C)CC4)nc3)cc21. The standard InChI is InChI=1S/C27H30N6O5/c1-27(2,3)38-26(37)32-11-9-16(10-12-32)23-28-14-18(15-29-23)17-5-6-19-21(13-17)31(4)25(36)33(19)20-7-8-22(34)30-24(20)35/h5-6,9,13-15,20H,7-8,10-12H2,1-4H3,(H,30,34,35). The first kappa shape index (κ1) is 25.4. The Morgan fingerprint density at radius 1 is 1.05 bits per heavy atom. The van der Waals surface area contributed by atoms with Crippen molar-refractivity contribution in [3.05, 3.63) is 53.0 Å². The summed E-state index contributed by atoms with van der Waals surface area (Å²) in [5, 5.41) is 2.32. The minimum absolute atomic E-state index is 0.191. The average molecular weight is 519 g/mol. The molecule has 198 valence electrons. The van der Waals surface area contributed by atoms with Gasteiger partial charge in [-0.15, -0.1) is 0 Å². The molecule has 2 aliphatic heterocycles. The summed E-state index contributed by atoms with van der Waals surface area (Å²) in [5.41, 5.74) is 3.01. The van der Waals surface area contributed by atoms with E-state index in [9.17, 15) is 19.2 Å². The number of hydrogen-bond donors (Lipinski definition) is 1. The molecule has 0 aliphatic carbocycles. The van der Waals surface area contributed by atoms with Gasteiger partial charge in [-0.3, -0.25) is 24.0 Å². The molecule has 38 heavy (non-hydrogen) atoms. The van der Waals surface area contributed by atoms with E-state index in [4.69, 9.17) is 4.74 Å². The summed E-state index contributed by atoms with van der Waals surface area (Å²) in [6, 6.07) is 4.81. The van der Waals surface area contributed by atoms with Gasteiger partial charge in [-0.25, -0.2) is 19.6 Å². The molecule has 1 fully saturated rings. The highest BCUT2D eigenvalue weighted by Crippen LogP contribution is 2.28. The van der Waals surface area contributed by atoms with Crippen molar-refractivity contribution in [3.8, 4) is 11.1 Å². The lowest BCUT2D eigenvalue weighted by Gasteiger charge is -2.29. The van der Waals surface area contributed by atoms with Gasteiger partial charge in [0.2, 0.25) is 11.8 Å². The fourth-order valence-electron chi connectivity index (χ4n) is 4.78. The van der Waals surface area contributed by atoms with E-state index in [1.807, 2.05) is 39.0 Å². The normalized spacial score (nSPS) is 18.4. The fraction of sp³-hybridized carbons (Fsp3) is 0.407. The molecule has 2 aromatic heterocycles. The number of rotatable bonds is 3. The number of aromatic nitrogens is 4. The van der Waals surface area contributed by atoms with Crippen LogP contribution in [0.15, 0.2) is 41.5 Å². The number of piperidine rings is 1. The van der Waals surface area contributed by atoms with Gasteiger partial charge in [0.25, 0.3) is 0 Å². The molecule has 5 rings (SSSR count). The molecular weight excluding hydrogens is 488 g/mol. The van der Waals surface area contributed by atoms with E-state index < -0.39 is 17.6 Å². The van der Waals surface area contributed by atoms with Crippen molar-refractivity contribution in [2.75, 3.05) is 13.1 Å². The van der Waals surface area contributed by atoms with Gasteiger partial charge in [0, 0.05) is 44.5 Å². The van der Waals surface area contributed by atoms with Crippen LogP contribution >= 0.6 is 0 Å². The molecule has 3 amide bonds. The highest BCUT2D eigenvalue weighted by Gasteiger charge is 2.31. The van der Waals surface area contributed by atoms with Gasteiger partial charge in [0.1, 0.15) is 11.6 Å². The van der Waals surface area contributed by atoms with Crippen LogP contribution in [-0.4, -0.2) is 60.6 Å². The maximum Gasteiger partial charge on any atom is 0.410 e. The van der Waals surface area contributed by atoms with Crippen molar-refractivity contribution in [3.63, 3.8) is 0 Å². The van der Waals surface area contributed by atoms with E-state index in [1.165, 1.54) is 9.13 Å². The van der Waals surface area contributed by atoms with Crippen LogP contribution in [0.25, 0.3) is 27.7 Å². The van der Waals surface area contributed by atoms with E-state index in [0.29, 0.717) is 36.4 Å². The molecule has 1 N–H and O–H groups in total. The summed E-state index contributed by atoms with van der Waals surface area (Å²) in [4.78, 5) is 60.1. The number of carbonyl (C=O) groups is 3. The number of benzene rings is 1. The average Bonchev–Trinajstić information content (AvgIpc) is 3.12. The van der Waals surface area contributed by atoms with Crippen LogP contribution in [0, 0.1) is 0 Å². The zero-order valence-corrected chi connectivity index (χ0v) is 21.9. The zero-order chi connectivity index (χ0) is 27.2. The largest absolute Gasteiger partial charge is 0.444 e. The van der Waals surface area contributed by atoms with Crippen molar-refractivity contribution >= 4 is 34.5 Å². The Morgan fingerprint density at radius 3 is 2.42 bits per heavy atom. The third-order valence-corrected chi connectivity index (χ3v) is 6.74. The third-order valence-electron chi connectivity index (χ3n) is 6.74. The van der Waals surface area contributed by atoms with E-state index in [-0.39, 0.29) is 30.5 Å². The molecule has 0 radical (unpaired) electrons. The second-order valence-corrected chi connectivity index (χ2v) is 10.6. The molecule has 4 heterocycles. The number of imidazole rings is 1. The first-order valence-corrected chi connectivity index (χ1v) is 12.6. The van der Waals surface area contributed by atoms with Crippen LogP contribution in [0.1, 0.15) is 51.9 Å². The molecule has 0 bridgehead atoms. The van der Waals surface area contributed by atoms with Crippen LogP contribution < -0.4 is 11.0 Å². The highest BCUT2D eigenvalue weighted by molar-refractivity contribution is 6.00. The Morgan fingerprint density at radius 2 is 1.79 bits per heavy atom. The first-order chi connectivity index (χ1) is 18.0. The van der Waals surface area contributed by atoms with Crippen molar-refractivity contribution in [2.24, 2.45) is 7.05 Å². The Hall–Kier alpha value is -4.28. The molecule has 0 saturated carbocycles. The van der Waals surface area contributed by atoms with Gasteiger partial charge >= 0.3 is 11.8 Å². The molecular formula is C27H30N6O5. The minimum Gasteiger partial charge on any atom is -0.444 e. The second kappa shape index (κ2) is 9.55. The van der Waals surface area contributed by atoms with Gasteiger partial charge in [-0.05, 0) is 56.9 Å². The zero-order valence-electron chi connectivity index (χ0n) is 21.9. The monoisotopic (exact) mass is 518 g/mol. The summed E-state index contributed by atoms with van der Waals surface area (Å²) in [7, 11) is 1.66. The topological polar surface area (TPSA) is 128 Å². The van der Waals surface area contributed by atoms with Crippen LogP contribution in [0.3, 0.4) is 0 Å². The first-order valence-electron chi connectivity index (χ1n) is 12.6. The predicted molar refractivity (Wildman–Crippen MR) is 140 cm³/mol. The van der Waals surface area contributed by atoms with Gasteiger partial charge in [-0.2, -0.15) is 0 Å². The molecule has 3 aromatic rings. The highest BCUT2D eigenvalue weighted by atomic mass is 16.6. The van der Waals surface area contributed by atoms with E-state index in [1.54, 1.807) is 30.4 Å². The fourth-order valence-corrected chi connectivity index (χ4v) is 4.78. The molecule has 2 aliphatic rings. The maximum absolute atomic E-state index is 13.0. The molecule has 1 saturated heterocycles. The van der Waals surface area contributed by atoms with Crippen LogP contribution in [-0.2, 0) is 21.4 Å². The number of hydrogen-bond acceptors (Lipinski definition) is 7. The summed E-state index contributed by atoms with van der Waals surface area (Å²) < 4.78 is 8.40. The minimum atomic E-state index is -0.729. The number of aryl methyl sites for hydroxylation is 1. The number of carbonyl (C=O) groups excluding carboxylic acids is 3. The van der Waals surface area contributed by atoms with E-state index in [0.717, 1.165) is 16.7 Å². The van der Waals surface area contributed by atoms with Crippen LogP contribution in [0.4, 0.5) is 4.79 Å². The third kappa shape index (κ3) is 4.83. The Kier molecular flexibility index (Phi) is 6.38. The molecule has 11 heteroatoms. The number of ether oxygens (including phenoxy) is 1. The van der Waals surface area contributed by atoms with Crippen molar-refractivity contribution in [1.29, 1.82) is 0 Å². The molecule has 1 unspecified atom stereocenters. The van der Waals surface area contributed by atoms with Crippen molar-refractivity contribution < 1.29 is 19.1 Å². The number of imide groups is 1. The van der Waals surface area contributed by atoms with E-state index >= 15 is 0 Å². The Labute approximate surface area is 219 Å². The summed E-state index contributed by atoms with van der Waals surface area (Å²) in [6.07, 6.45) is 6.19. The van der Waals surface area contributed by atoms with Gasteiger partial charge in [0.05, 0.1) is 11.0 Å². The quantitative estimate of drug-likeness (QED) is 0.528. The lowest BCUT2D eigenvalue weighted by Crippen LogP contribution is -2.44. The van der Waals surface area contributed by atoms with Gasteiger partial charge < -0.3 is 9.64 Å². The van der Waals surface area contributed by atoms with Gasteiger partial charge in [-0.1, -0.05) is 12.1 Å². The summed E-state index contributed by atoms with van der Waals surface area (Å²) >= 11 is 0. The number of amides is 3. The number of fused-ring (bicyclic) bond motifs is 1. The van der Waals surface area contributed by atoms with E-state index in [2.05, 4.69) is 15.3 Å². The second-order valence-electron chi connectivity index (χ2n) is 10.6. The predicted octanol–water partition coefficient (Wildman–Crippen LogP) is 2.80. The van der Waals surface area contributed by atoms with Crippen LogP contribution in [0.5, 0.6) is 0 Å². The maximum atomic E-state index is 13.0. The number of nitrogens with zero attached hydrogens (tertiary/aromatic N) is 5. The lowest BCUT2D eigenvalue weighted by molar-refractivity contribution is -0.135. The molecule has 1 aromatic carbocycles. The summed E-state index contributed by atoms with van der Waals surface area (Å²) in [6.45, 7) is 6.50.